The second-order valence-corrected chi connectivity index (χ2v) is 9.29. The lowest BCUT2D eigenvalue weighted by atomic mass is 9.76. The summed E-state index contributed by atoms with van der Waals surface area (Å²) >= 11 is 0. The van der Waals surface area contributed by atoms with Crippen molar-refractivity contribution in [2.24, 2.45) is 17.8 Å². The molecule has 3 atom stereocenters. The predicted octanol–water partition coefficient (Wildman–Crippen LogP) is 5.54. The third kappa shape index (κ3) is 4.26. The summed E-state index contributed by atoms with van der Waals surface area (Å²) in [4.78, 5) is 39.7. The van der Waals surface area contributed by atoms with E-state index in [1.807, 2.05) is 54.6 Å². The average Bonchev–Trinajstić information content (AvgIpc) is 3.12. The van der Waals surface area contributed by atoms with Crippen LogP contribution in [-0.2, 0) is 9.59 Å². The van der Waals surface area contributed by atoms with Crippen LogP contribution in [0.5, 0.6) is 5.75 Å². The molecule has 0 bridgehead atoms. The van der Waals surface area contributed by atoms with E-state index in [1.54, 1.807) is 24.3 Å². The fourth-order valence-electron chi connectivity index (χ4n) is 5.05. The van der Waals surface area contributed by atoms with Gasteiger partial charge in [-0.1, -0.05) is 61.5 Å². The van der Waals surface area contributed by atoms with Crippen LogP contribution in [0.2, 0.25) is 0 Å². The number of ether oxygens (including phenoxy) is 1. The first-order valence-corrected chi connectivity index (χ1v) is 11.8. The van der Waals surface area contributed by atoms with Gasteiger partial charge in [0.25, 0.3) is 0 Å². The van der Waals surface area contributed by atoms with Crippen molar-refractivity contribution in [3.05, 3.63) is 84.4 Å². The molecular weight excluding hydrogens is 426 g/mol. The number of anilines is 1. The molecule has 34 heavy (non-hydrogen) atoms. The number of carbonyl (C=O) groups excluding carboxylic acids is 3. The maximum atomic E-state index is 12.9. The number of nitrogens with zero attached hydrogens (tertiary/aromatic N) is 1. The molecule has 0 aromatic heterocycles. The highest BCUT2D eigenvalue weighted by atomic mass is 16.5. The quantitative estimate of drug-likeness (QED) is 0.363. The Morgan fingerprint density at radius 3 is 2.18 bits per heavy atom. The summed E-state index contributed by atoms with van der Waals surface area (Å²) in [6, 6.07) is 24.3. The van der Waals surface area contributed by atoms with Crippen molar-refractivity contribution < 1.29 is 19.1 Å². The van der Waals surface area contributed by atoms with Crippen molar-refractivity contribution in [2.75, 3.05) is 11.5 Å². The van der Waals surface area contributed by atoms with Crippen LogP contribution in [0.25, 0.3) is 11.1 Å². The molecule has 0 radical (unpaired) electrons. The number of fused-ring (bicyclic) bond motifs is 1. The van der Waals surface area contributed by atoms with Gasteiger partial charge in [-0.3, -0.25) is 19.3 Å². The van der Waals surface area contributed by atoms with Gasteiger partial charge in [-0.2, -0.15) is 0 Å². The van der Waals surface area contributed by atoms with E-state index in [0.717, 1.165) is 30.4 Å². The van der Waals surface area contributed by atoms with Gasteiger partial charge in [-0.15, -0.1) is 0 Å². The van der Waals surface area contributed by atoms with Crippen molar-refractivity contribution in [3.8, 4) is 16.9 Å². The molecule has 172 valence electrons. The molecule has 1 aliphatic carbocycles. The number of imide groups is 1. The second-order valence-electron chi connectivity index (χ2n) is 9.29. The van der Waals surface area contributed by atoms with E-state index in [4.69, 9.17) is 4.74 Å². The van der Waals surface area contributed by atoms with Crippen molar-refractivity contribution in [3.63, 3.8) is 0 Å². The van der Waals surface area contributed by atoms with Gasteiger partial charge in [0.2, 0.25) is 11.8 Å². The zero-order valence-corrected chi connectivity index (χ0v) is 19.1. The Bertz CT molecular complexity index is 1200. The van der Waals surface area contributed by atoms with Crippen LogP contribution in [-0.4, -0.2) is 24.2 Å². The summed E-state index contributed by atoms with van der Waals surface area (Å²) in [6.07, 6.45) is 2.55. The third-order valence-electron chi connectivity index (χ3n) is 6.97. The largest absolute Gasteiger partial charge is 0.485 e. The molecule has 1 saturated carbocycles. The first-order valence-electron chi connectivity index (χ1n) is 11.8. The molecular formula is C29H27NO4. The van der Waals surface area contributed by atoms with Crippen LogP contribution >= 0.6 is 0 Å². The summed E-state index contributed by atoms with van der Waals surface area (Å²) < 4.78 is 5.68. The Labute approximate surface area is 199 Å². The Morgan fingerprint density at radius 1 is 0.824 bits per heavy atom. The van der Waals surface area contributed by atoms with E-state index in [1.165, 1.54) is 4.90 Å². The lowest BCUT2D eigenvalue weighted by molar-refractivity contribution is -0.122. The monoisotopic (exact) mass is 453 g/mol. The molecule has 2 aliphatic rings. The summed E-state index contributed by atoms with van der Waals surface area (Å²) in [5.74, 6) is 0.299. The Hall–Kier alpha value is -3.73. The van der Waals surface area contributed by atoms with E-state index in [-0.39, 0.29) is 36.0 Å². The molecule has 1 aliphatic heterocycles. The standard InChI is InChI=1S/C29H27NO4/c1-19-7-16-25-26(17-19)29(33)30(28(25)32)23-12-14-24(15-13-23)34-18-27(31)22-10-8-21(9-11-22)20-5-3-2-4-6-20/h2-6,8-15,19,25-26H,7,16-18H2,1H3/t19-,25-,26+/m0/s1. The highest BCUT2D eigenvalue weighted by Crippen LogP contribution is 2.42. The Morgan fingerprint density at radius 2 is 1.47 bits per heavy atom. The highest BCUT2D eigenvalue weighted by molar-refractivity contribution is 6.22. The van der Waals surface area contributed by atoms with Gasteiger partial charge in [0.05, 0.1) is 17.5 Å². The van der Waals surface area contributed by atoms with Gasteiger partial charge in [0, 0.05) is 5.56 Å². The minimum atomic E-state index is -0.196. The number of carbonyl (C=O) groups is 3. The molecule has 0 spiro atoms. The van der Waals surface area contributed by atoms with E-state index in [0.29, 0.717) is 22.9 Å². The topological polar surface area (TPSA) is 63.7 Å². The lowest BCUT2D eigenvalue weighted by Crippen LogP contribution is -2.30. The third-order valence-corrected chi connectivity index (χ3v) is 6.97. The summed E-state index contributed by atoms with van der Waals surface area (Å²) in [5.41, 5.74) is 3.30. The fourth-order valence-corrected chi connectivity index (χ4v) is 5.05. The van der Waals surface area contributed by atoms with Crippen LogP contribution in [0.3, 0.4) is 0 Å². The van der Waals surface area contributed by atoms with Gasteiger partial charge < -0.3 is 4.74 Å². The number of rotatable bonds is 6. The smallest absolute Gasteiger partial charge is 0.237 e. The molecule has 3 aromatic carbocycles. The maximum absolute atomic E-state index is 12.9. The predicted molar refractivity (Wildman–Crippen MR) is 131 cm³/mol. The number of hydrogen-bond donors (Lipinski definition) is 0. The molecule has 2 amide bonds. The van der Waals surface area contributed by atoms with Crippen LogP contribution in [0.15, 0.2) is 78.9 Å². The van der Waals surface area contributed by atoms with Crippen LogP contribution in [0, 0.1) is 17.8 Å². The summed E-state index contributed by atoms with van der Waals surface area (Å²) in [5, 5.41) is 0. The summed E-state index contributed by atoms with van der Waals surface area (Å²) in [7, 11) is 0. The molecule has 0 N–H and O–H groups in total. The van der Waals surface area contributed by atoms with Crippen molar-refractivity contribution in [1.82, 2.24) is 0 Å². The molecule has 3 aromatic rings. The van der Waals surface area contributed by atoms with Crippen molar-refractivity contribution >= 4 is 23.3 Å². The molecule has 5 nitrogen and oxygen atoms in total. The van der Waals surface area contributed by atoms with Gasteiger partial charge in [-0.25, -0.2) is 0 Å². The van der Waals surface area contributed by atoms with E-state index >= 15 is 0 Å². The summed E-state index contributed by atoms with van der Waals surface area (Å²) in [6.45, 7) is 2.05. The van der Waals surface area contributed by atoms with Gasteiger partial charge in [-0.05, 0) is 60.6 Å². The molecule has 1 saturated heterocycles. The molecule has 5 rings (SSSR count). The number of benzene rings is 3. The van der Waals surface area contributed by atoms with Crippen molar-refractivity contribution in [1.29, 1.82) is 0 Å². The molecule has 5 heteroatoms. The first-order chi connectivity index (χ1) is 16.5. The Kier molecular flexibility index (Phi) is 6.01. The van der Waals surface area contributed by atoms with Gasteiger partial charge >= 0.3 is 0 Å². The van der Waals surface area contributed by atoms with Gasteiger partial charge in [0.15, 0.2) is 12.4 Å². The van der Waals surface area contributed by atoms with Crippen LogP contribution < -0.4 is 9.64 Å². The van der Waals surface area contributed by atoms with E-state index in [9.17, 15) is 14.4 Å². The highest BCUT2D eigenvalue weighted by Gasteiger charge is 2.49. The van der Waals surface area contributed by atoms with Crippen molar-refractivity contribution in [2.45, 2.75) is 26.2 Å². The maximum Gasteiger partial charge on any atom is 0.237 e. The number of hydrogen-bond acceptors (Lipinski definition) is 4. The second kappa shape index (κ2) is 9.26. The van der Waals surface area contributed by atoms with E-state index in [2.05, 4.69) is 6.92 Å². The number of ketones is 1. The molecule has 1 heterocycles. The average molecular weight is 454 g/mol. The minimum absolute atomic E-state index is 0.0896. The molecule has 0 unspecified atom stereocenters. The van der Waals surface area contributed by atoms with Crippen LogP contribution in [0.1, 0.15) is 36.5 Å². The van der Waals surface area contributed by atoms with E-state index < -0.39 is 0 Å². The zero-order valence-electron chi connectivity index (χ0n) is 19.1. The molecule has 2 fully saturated rings. The minimum Gasteiger partial charge on any atom is -0.485 e. The normalized spacial score (nSPS) is 21.9. The fraction of sp³-hybridized carbons (Fsp3) is 0.276. The Balaban J connectivity index is 1.21. The first kappa shape index (κ1) is 22.1. The lowest BCUT2D eigenvalue weighted by Gasteiger charge is -2.25. The number of Topliss-reactive ketones (excluding diaryl/α,β-unsaturated/α-hetero) is 1. The SMILES string of the molecule is C[C@H]1CC[C@@H]2C(=O)N(c3ccc(OCC(=O)c4ccc(-c5ccccc5)cc4)cc3)C(=O)[C@@H]2C1. The zero-order chi connectivity index (χ0) is 23.7. The van der Waals surface area contributed by atoms with Crippen LogP contribution in [0.4, 0.5) is 5.69 Å². The van der Waals surface area contributed by atoms with Gasteiger partial charge in [0.1, 0.15) is 5.75 Å². The number of amides is 2.